The number of carboxylic acids is 1. The third-order valence-electron chi connectivity index (χ3n) is 5.00. The monoisotopic (exact) mass is 371 g/mol. The predicted molar refractivity (Wildman–Crippen MR) is 87.7 cm³/mol. The Labute approximate surface area is 146 Å². The molecule has 138 valence electrons. The number of ether oxygens (including phenoxy) is 3. The summed E-state index contributed by atoms with van der Waals surface area (Å²) in [5, 5.41) is 9.37. The van der Waals surface area contributed by atoms with Crippen molar-refractivity contribution in [2.24, 2.45) is 5.92 Å². The van der Waals surface area contributed by atoms with Gasteiger partial charge in [0.2, 0.25) is 0 Å². The van der Waals surface area contributed by atoms with Gasteiger partial charge in [-0.25, -0.2) is 8.42 Å². The van der Waals surface area contributed by atoms with Crippen molar-refractivity contribution in [3.8, 4) is 17.2 Å². The number of rotatable bonds is 6. The van der Waals surface area contributed by atoms with E-state index in [9.17, 15) is 18.3 Å². The Bertz CT molecular complexity index is 767. The summed E-state index contributed by atoms with van der Waals surface area (Å²) in [4.78, 5) is 11.3. The second-order valence-corrected chi connectivity index (χ2v) is 7.95. The minimum atomic E-state index is -3.99. The maximum Gasteiger partial charge on any atom is 0.308 e. The van der Waals surface area contributed by atoms with Gasteiger partial charge < -0.3 is 19.3 Å². The molecule has 3 rings (SSSR count). The van der Waals surface area contributed by atoms with Gasteiger partial charge in [0.15, 0.2) is 4.90 Å². The standard InChI is InChI=1S/C16H21NO7S/c1-22-10-7-13(23-2)15(14(8-10)24-3)25(20,21)17-9-4-5-12(17)11(6-9)16(18)19/h7-9,11-12H,4-6H2,1-3H3,(H,18,19). The normalized spacial score (nSPS) is 25.8. The zero-order valence-corrected chi connectivity index (χ0v) is 15.1. The molecule has 0 amide bonds. The fourth-order valence-electron chi connectivity index (χ4n) is 3.91. The van der Waals surface area contributed by atoms with Gasteiger partial charge in [0.25, 0.3) is 10.0 Å². The molecule has 2 aliphatic heterocycles. The van der Waals surface area contributed by atoms with Crippen LogP contribution in [0.1, 0.15) is 19.3 Å². The molecule has 8 nitrogen and oxygen atoms in total. The van der Waals surface area contributed by atoms with Crippen LogP contribution in [0.4, 0.5) is 0 Å². The Morgan fingerprint density at radius 3 is 2.16 bits per heavy atom. The molecule has 0 spiro atoms. The van der Waals surface area contributed by atoms with E-state index in [1.54, 1.807) is 0 Å². The highest BCUT2D eigenvalue weighted by molar-refractivity contribution is 7.89. The number of sulfonamides is 1. The van der Waals surface area contributed by atoms with Crippen LogP contribution in [-0.4, -0.2) is 57.2 Å². The molecule has 3 atom stereocenters. The highest BCUT2D eigenvalue weighted by Gasteiger charge is 2.55. The van der Waals surface area contributed by atoms with Crippen LogP contribution in [0, 0.1) is 5.92 Å². The molecule has 1 aromatic carbocycles. The topological polar surface area (TPSA) is 102 Å². The maximum absolute atomic E-state index is 13.4. The second kappa shape index (κ2) is 6.38. The van der Waals surface area contributed by atoms with E-state index in [1.807, 2.05) is 0 Å². The third-order valence-corrected chi connectivity index (χ3v) is 7.04. The zero-order valence-electron chi connectivity index (χ0n) is 14.3. The number of nitrogens with zero attached hydrogens (tertiary/aromatic N) is 1. The highest BCUT2D eigenvalue weighted by atomic mass is 32.2. The van der Waals surface area contributed by atoms with E-state index in [0.29, 0.717) is 25.0 Å². The number of carboxylic acid groups (broad SMARTS) is 1. The first-order valence-electron chi connectivity index (χ1n) is 7.91. The van der Waals surface area contributed by atoms with Crippen molar-refractivity contribution in [3.63, 3.8) is 0 Å². The van der Waals surface area contributed by atoms with Gasteiger partial charge in [0.05, 0.1) is 27.2 Å². The Balaban J connectivity index is 2.11. The van der Waals surface area contributed by atoms with Gasteiger partial charge in [0.1, 0.15) is 17.2 Å². The summed E-state index contributed by atoms with van der Waals surface area (Å²) >= 11 is 0. The molecular formula is C16H21NO7S. The molecule has 2 heterocycles. The first kappa shape index (κ1) is 17.8. The molecule has 25 heavy (non-hydrogen) atoms. The fourth-order valence-corrected chi connectivity index (χ4v) is 6.11. The molecule has 0 saturated carbocycles. The summed E-state index contributed by atoms with van der Waals surface area (Å²) in [6, 6.07) is 2.10. The number of aliphatic carboxylic acids is 1. The van der Waals surface area contributed by atoms with E-state index < -0.39 is 28.0 Å². The van der Waals surface area contributed by atoms with E-state index in [1.165, 1.54) is 37.8 Å². The smallest absolute Gasteiger partial charge is 0.308 e. The molecule has 2 bridgehead atoms. The number of hydrogen-bond donors (Lipinski definition) is 1. The Morgan fingerprint density at radius 2 is 1.72 bits per heavy atom. The lowest BCUT2D eigenvalue weighted by molar-refractivity contribution is -0.142. The fraction of sp³-hybridized carbons (Fsp3) is 0.562. The molecule has 1 aromatic rings. The highest BCUT2D eigenvalue weighted by Crippen LogP contribution is 2.48. The van der Waals surface area contributed by atoms with Gasteiger partial charge in [0, 0.05) is 24.2 Å². The van der Waals surface area contributed by atoms with Crippen molar-refractivity contribution in [3.05, 3.63) is 12.1 Å². The summed E-state index contributed by atoms with van der Waals surface area (Å²) in [6.07, 6.45) is 1.54. The second-order valence-electron chi connectivity index (χ2n) is 6.17. The van der Waals surface area contributed by atoms with Crippen molar-refractivity contribution in [1.82, 2.24) is 4.31 Å². The van der Waals surface area contributed by atoms with Gasteiger partial charge in [-0.3, -0.25) is 4.79 Å². The minimum absolute atomic E-state index is 0.0961. The minimum Gasteiger partial charge on any atom is -0.496 e. The van der Waals surface area contributed by atoms with Crippen LogP contribution in [0.15, 0.2) is 17.0 Å². The van der Waals surface area contributed by atoms with Crippen LogP contribution in [0.5, 0.6) is 17.2 Å². The Kier molecular flexibility index (Phi) is 4.54. The SMILES string of the molecule is COc1cc(OC)c(S(=O)(=O)N2C3CCC2C(C(=O)O)C3)c(OC)c1. The van der Waals surface area contributed by atoms with Crippen LogP contribution in [0.2, 0.25) is 0 Å². The van der Waals surface area contributed by atoms with Crippen molar-refractivity contribution in [2.45, 2.75) is 36.2 Å². The lowest BCUT2D eigenvalue weighted by atomic mass is 9.89. The van der Waals surface area contributed by atoms with E-state index in [4.69, 9.17) is 14.2 Å². The van der Waals surface area contributed by atoms with Crippen LogP contribution >= 0.6 is 0 Å². The van der Waals surface area contributed by atoms with Gasteiger partial charge in [-0.1, -0.05) is 0 Å². The zero-order chi connectivity index (χ0) is 18.4. The van der Waals surface area contributed by atoms with Gasteiger partial charge in [-0.15, -0.1) is 0 Å². The molecule has 1 N–H and O–H groups in total. The van der Waals surface area contributed by atoms with Gasteiger partial charge in [-0.2, -0.15) is 4.31 Å². The predicted octanol–water partition coefficient (Wildman–Crippen LogP) is 1.34. The van der Waals surface area contributed by atoms with Gasteiger partial charge in [-0.05, 0) is 19.3 Å². The lowest BCUT2D eigenvalue weighted by Gasteiger charge is -2.25. The number of hydrogen-bond acceptors (Lipinski definition) is 6. The number of methoxy groups -OCH3 is 3. The molecule has 0 radical (unpaired) electrons. The van der Waals surface area contributed by atoms with E-state index in [0.717, 1.165) is 0 Å². The van der Waals surface area contributed by atoms with Crippen molar-refractivity contribution >= 4 is 16.0 Å². The van der Waals surface area contributed by atoms with Crippen LogP contribution in [-0.2, 0) is 14.8 Å². The first-order valence-corrected chi connectivity index (χ1v) is 9.35. The molecule has 0 aromatic heterocycles. The Morgan fingerprint density at radius 1 is 1.12 bits per heavy atom. The third kappa shape index (κ3) is 2.71. The van der Waals surface area contributed by atoms with E-state index in [-0.39, 0.29) is 22.4 Å². The molecule has 2 fully saturated rings. The number of carbonyl (C=O) groups is 1. The molecule has 3 unspecified atom stereocenters. The lowest BCUT2D eigenvalue weighted by Crippen LogP contribution is -2.38. The summed E-state index contributed by atoms with van der Waals surface area (Å²) < 4.78 is 43.7. The van der Waals surface area contributed by atoms with Crippen molar-refractivity contribution in [1.29, 1.82) is 0 Å². The largest absolute Gasteiger partial charge is 0.496 e. The van der Waals surface area contributed by atoms with Gasteiger partial charge >= 0.3 is 5.97 Å². The average Bonchev–Trinajstić information content (AvgIpc) is 3.19. The quantitative estimate of drug-likeness (QED) is 0.805. The summed E-state index contributed by atoms with van der Waals surface area (Å²) in [5.41, 5.74) is 0. The van der Waals surface area contributed by atoms with Crippen molar-refractivity contribution < 1.29 is 32.5 Å². The first-order chi connectivity index (χ1) is 11.8. The van der Waals surface area contributed by atoms with E-state index in [2.05, 4.69) is 0 Å². The molecule has 2 aliphatic rings. The summed E-state index contributed by atoms with van der Waals surface area (Å²) in [6.45, 7) is 0. The van der Waals surface area contributed by atoms with Crippen LogP contribution in [0.3, 0.4) is 0 Å². The molecule has 2 saturated heterocycles. The molecular weight excluding hydrogens is 350 g/mol. The number of fused-ring (bicyclic) bond motifs is 2. The van der Waals surface area contributed by atoms with Crippen LogP contribution in [0.25, 0.3) is 0 Å². The molecule has 0 aliphatic carbocycles. The van der Waals surface area contributed by atoms with Crippen molar-refractivity contribution in [2.75, 3.05) is 21.3 Å². The Hall–Kier alpha value is -2.00. The van der Waals surface area contributed by atoms with Crippen LogP contribution < -0.4 is 14.2 Å². The average molecular weight is 371 g/mol. The van der Waals surface area contributed by atoms with E-state index >= 15 is 0 Å². The summed E-state index contributed by atoms with van der Waals surface area (Å²) in [7, 11) is 0.206. The number of benzene rings is 1. The maximum atomic E-state index is 13.4. The summed E-state index contributed by atoms with van der Waals surface area (Å²) in [5.74, 6) is -1.02. The molecule has 9 heteroatoms.